The zero-order valence-electron chi connectivity index (χ0n) is 12.6. The van der Waals surface area contributed by atoms with E-state index in [1.807, 2.05) is 11.0 Å². The van der Waals surface area contributed by atoms with E-state index < -0.39 is 0 Å². The van der Waals surface area contributed by atoms with E-state index in [4.69, 9.17) is 4.74 Å². The van der Waals surface area contributed by atoms with E-state index in [9.17, 15) is 4.79 Å². The van der Waals surface area contributed by atoms with Gasteiger partial charge in [0.2, 0.25) is 5.91 Å². The number of nitrogens with zero attached hydrogens (tertiary/aromatic N) is 1. The van der Waals surface area contributed by atoms with Crippen molar-refractivity contribution >= 4 is 5.91 Å². The highest BCUT2D eigenvalue weighted by atomic mass is 16.5. The van der Waals surface area contributed by atoms with Crippen LogP contribution in [0.15, 0.2) is 30.3 Å². The molecule has 3 unspecified atom stereocenters. The normalized spacial score (nSPS) is 29.6. The Morgan fingerprint density at radius 2 is 2.19 bits per heavy atom. The van der Waals surface area contributed by atoms with Crippen LogP contribution in [-0.4, -0.2) is 49.2 Å². The lowest BCUT2D eigenvalue weighted by Gasteiger charge is -2.29. The van der Waals surface area contributed by atoms with Crippen molar-refractivity contribution in [1.82, 2.24) is 10.2 Å². The minimum atomic E-state index is 0.175. The lowest BCUT2D eigenvalue weighted by atomic mass is 9.93. The van der Waals surface area contributed by atoms with Crippen LogP contribution in [0.3, 0.4) is 0 Å². The largest absolute Gasteiger partial charge is 0.378 e. The molecule has 0 radical (unpaired) electrons. The van der Waals surface area contributed by atoms with Crippen LogP contribution >= 0.6 is 0 Å². The molecule has 4 heteroatoms. The lowest BCUT2D eigenvalue weighted by Crippen LogP contribution is -2.46. The van der Waals surface area contributed by atoms with Gasteiger partial charge in [-0.3, -0.25) is 4.79 Å². The number of carbonyl (C=O) groups is 1. The third-order valence-corrected chi connectivity index (χ3v) is 4.72. The quantitative estimate of drug-likeness (QED) is 0.921. The van der Waals surface area contributed by atoms with Gasteiger partial charge in [-0.15, -0.1) is 0 Å². The minimum Gasteiger partial charge on any atom is -0.378 e. The van der Waals surface area contributed by atoms with Crippen LogP contribution in [0, 0.1) is 0 Å². The third-order valence-electron chi connectivity index (χ3n) is 4.72. The summed E-state index contributed by atoms with van der Waals surface area (Å²) in [7, 11) is 0. The molecule has 2 fully saturated rings. The Kier molecular flexibility index (Phi) is 4.56. The van der Waals surface area contributed by atoms with Crippen LogP contribution in [0.25, 0.3) is 0 Å². The molecule has 2 aliphatic heterocycles. The zero-order chi connectivity index (χ0) is 14.7. The van der Waals surface area contributed by atoms with Gasteiger partial charge in [-0.2, -0.15) is 0 Å². The maximum atomic E-state index is 12.5. The van der Waals surface area contributed by atoms with Gasteiger partial charge in [0.05, 0.1) is 13.2 Å². The van der Waals surface area contributed by atoms with E-state index in [2.05, 4.69) is 36.5 Å². The van der Waals surface area contributed by atoms with E-state index in [1.165, 1.54) is 5.56 Å². The van der Waals surface area contributed by atoms with Crippen molar-refractivity contribution < 1.29 is 9.53 Å². The molecule has 0 aliphatic carbocycles. The van der Waals surface area contributed by atoms with Crippen LogP contribution < -0.4 is 5.32 Å². The van der Waals surface area contributed by atoms with Gasteiger partial charge in [-0.1, -0.05) is 30.3 Å². The second kappa shape index (κ2) is 6.58. The number of rotatable bonds is 3. The Bertz CT molecular complexity index is 471. The van der Waals surface area contributed by atoms with Crippen molar-refractivity contribution in [3.8, 4) is 0 Å². The molecule has 2 saturated heterocycles. The van der Waals surface area contributed by atoms with Crippen LogP contribution in [-0.2, 0) is 9.53 Å². The second-order valence-electron chi connectivity index (χ2n) is 6.06. The van der Waals surface area contributed by atoms with Gasteiger partial charge >= 0.3 is 0 Å². The Morgan fingerprint density at radius 3 is 2.90 bits per heavy atom. The third kappa shape index (κ3) is 3.27. The summed E-state index contributed by atoms with van der Waals surface area (Å²) in [4.78, 5) is 14.6. The average molecular weight is 288 g/mol. The number of benzene rings is 1. The summed E-state index contributed by atoms with van der Waals surface area (Å²) in [5.41, 5.74) is 1.35. The number of hydrogen-bond donors (Lipinski definition) is 1. The summed E-state index contributed by atoms with van der Waals surface area (Å²) in [5.74, 6) is 0.717. The van der Waals surface area contributed by atoms with E-state index >= 15 is 0 Å². The predicted molar refractivity (Wildman–Crippen MR) is 82.2 cm³/mol. The van der Waals surface area contributed by atoms with E-state index in [-0.39, 0.29) is 18.0 Å². The van der Waals surface area contributed by atoms with E-state index in [1.54, 1.807) is 0 Å². The number of likely N-dealkylation sites (tertiary alicyclic amines) is 1. The molecular formula is C17H24N2O2. The Labute approximate surface area is 126 Å². The van der Waals surface area contributed by atoms with Crippen molar-refractivity contribution in [3.05, 3.63) is 35.9 Å². The molecule has 4 nitrogen and oxygen atoms in total. The first kappa shape index (κ1) is 14.5. The summed E-state index contributed by atoms with van der Waals surface area (Å²) in [6, 6.07) is 11.0. The highest BCUT2D eigenvalue weighted by molar-refractivity contribution is 5.77. The first-order valence-electron chi connectivity index (χ1n) is 7.91. The molecule has 0 bridgehead atoms. The van der Waals surface area contributed by atoms with Gasteiger partial charge in [0.1, 0.15) is 0 Å². The number of carbonyl (C=O) groups excluding carboxylic acids is 1. The molecule has 1 aromatic carbocycles. The lowest BCUT2D eigenvalue weighted by molar-refractivity contribution is -0.133. The minimum absolute atomic E-state index is 0.175. The highest BCUT2D eigenvalue weighted by Gasteiger charge is 2.35. The maximum Gasteiger partial charge on any atom is 0.224 e. The Balaban J connectivity index is 1.60. The molecule has 1 amide bonds. The molecule has 3 rings (SSSR count). The van der Waals surface area contributed by atoms with Gasteiger partial charge in [0, 0.05) is 37.5 Å². The number of morpholine rings is 1. The second-order valence-corrected chi connectivity index (χ2v) is 6.06. The maximum absolute atomic E-state index is 12.5. The van der Waals surface area contributed by atoms with Crippen LogP contribution in [0.5, 0.6) is 0 Å². The van der Waals surface area contributed by atoms with Crippen molar-refractivity contribution in [2.45, 2.75) is 37.8 Å². The van der Waals surface area contributed by atoms with E-state index in [0.717, 1.165) is 26.1 Å². The number of ether oxygens (including phenoxy) is 1. The topological polar surface area (TPSA) is 41.6 Å². The summed E-state index contributed by atoms with van der Waals surface area (Å²) >= 11 is 0. The average Bonchev–Trinajstić information content (AvgIpc) is 2.91. The van der Waals surface area contributed by atoms with Crippen LogP contribution in [0.1, 0.15) is 31.2 Å². The van der Waals surface area contributed by atoms with Gasteiger partial charge in [0.15, 0.2) is 0 Å². The molecule has 2 heterocycles. The number of hydrogen-bond acceptors (Lipinski definition) is 3. The van der Waals surface area contributed by atoms with Crippen molar-refractivity contribution in [1.29, 1.82) is 0 Å². The summed E-state index contributed by atoms with van der Waals surface area (Å²) in [6.45, 7) is 5.29. The molecular weight excluding hydrogens is 264 g/mol. The van der Waals surface area contributed by atoms with Crippen LogP contribution in [0.2, 0.25) is 0 Å². The molecule has 1 aromatic rings. The van der Waals surface area contributed by atoms with E-state index in [0.29, 0.717) is 18.9 Å². The first-order chi connectivity index (χ1) is 10.3. The van der Waals surface area contributed by atoms with Gasteiger partial charge in [-0.05, 0) is 18.9 Å². The Morgan fingerprint density at radius 1 is 1.38 bits per heavy atom. The molecule has 1 N–H and O–H groups in total. The molecule has 0 saturated carbocycles. The first-order valence-corrected chi connectivity index (χ1v) is 7.91. The van der Waals surface area contributed by atoms with Crippen molar-refractivity contribution in [3.63, 3.8) is 0 Å². The number of amides is 1. The fourth-order valence-electron chi connectivity index (χ4n) is 3.52. The SMILES string of the molecule is CC1C(c2ccccc2)CCN1C(=O)CC1COCCN1. The molecule has 0 spiro atoms. The molecule has 114 valence electrons. The Hall–Kier alpha value is -1.39. The number of nitrogens with one attached hydrogen (secondary N) is 1. The molecule has 2 aliphatic rings. The van der Waals surface area contributed by atoms with Crippen molar-refractivity contribution in [2.24, 2.45) is 0 Å². The van der Waals surface area contributed by atoms with Gasteiger partial charge in [0.25, 0.3) is 0 Å². The molecule has 21 heavy (non-hydrogen) atoms. The van der Waals surface area contributed by atoms with Gasteiger partial charge in [-0.25, -0.2) is 0 Å². The summed E-state index contributed by atoms with van der Waals surface area (Å²) < 4.78 is 5.43. The summed E-state index contributed by atoms with van der Waals surface area (Å²) in [6.07, 6.45) is 1.61. The molecule has 0 aromatic heterocycles. The smallest absolute Gasteiger partial charge is 0.224 e. The summed E-state index contributed by atoms with van der Waals surface area (Å²) in [5, 5.41) is 3.36. The highest BCUT2D eigenvalue weighted by Crippen LogP contribution is 2.33. The predicted octanol–water partition coefficient (Wildman–Crippen LogP) is 1.77. The standard InChI is InChI=1S/C17H24N2O2/c1-13-16(14-5-3-2-4-6-14)7-9-19(13)17(20)11-15-12-21-10-8-18-15/h2-6,13,15-16,18H,7-12H2,1H3. The fourth-order valence-corrected chi connectivity index (χ4v) is 3.52. The monoisotopic (exact) mass is 288 g/mol. The van der Waals surface area contributed by atoms with Gasteiger partial charge < -0.3 is 15.0 Å². The van der Waals surface area contributed by atoms with Crippen LogP contribution in [0.4, 0.5) is 0 Å². The fraction of sp³-hybridized carbons (Fsp3) is 0.588. The zero-order valence-corrected chi connectivity index (χ0v) is 12.6. The van der Waals surface area contributed by atoms with Crippen molar-refractivity contribution in [2.75, 3.05) is 26.3 Å². The molecule has 3 atom stereocenters.